The van der Waals surface area contributed by atoms with Gasteiger partial charge in [-0.3, -0.25) is 0 Å². The molecule has 0 aliphatic heterocycles. The van der Waals surface area contributed by atoms with Gasteiger partial charge in [0.1, 0.15) is 11.3 Å². The second kappa shape index (κ2) is 4.36. The summed E-state index contributed by atoms with van der Waals surface area (Å²) in [4.78, 5) is 15.7. The molecule has 0 N–H and O–H groups in total. The largest absolute Gasteiger partial charge is 0.303 e. The summed E-state index contributed by atoms with van der Waals surface area (Å²) >= 11 is 1.57. The van der Waals surface area contributed by atoms with E-state index < -0.39 is 0 Å². The van der Waals surface area contributed by atoms with Gasteiger partial charge in [-0.2, -0.15) is 0 Å². The van der Waals surface area contributed by atoms with Crippen molar-refractivity contribution in [2.24, 2.45) is 0 Å². The van der Waals surface area contributed by atoms with Gasteiger partial charge < -0.3 is 4.79 Å². The van der Waals surface area contributed by atoms with Crippen molar-refractivity contribution in [3.8, 4) is 10.6 Å². The molecule has 0 atom stereocenters. The van der Waals surface area contributed by atoms with Gasteiger partial charge in [-0.1, -0.05) is 29.8 Å². The molecule has 2 aromatic rings. The lowest BCUT2D eigenvalue weighted by molar-refractivity contribution is -0.107. The molecule has 0 aliphatic rings. The van der Waals surface area contributed by atoms with E-state index in [0.29, 0.717) is 6.42 Å². The van der Waals surface area contributed by atoms with Crippen molar-refractivity contribution in [3.63, 3.8) is 0 Å². The topological polar surface area (TPSA) is 30.0 Å². The van der Waals surface area contributed by atoms with E-state index in [1.165, 1.54) is 5.56 Å². The monoisotopic (exact) mass is 217 g/mol. The van der Waals surface area contributed by atoms with E-state index in [9.17, 15) is 4.79 Å². The van der Waals surface area contributed by atoms with Gasteiger partial charge in [0.05, 0.1) is 0 Å². The van der Waals surface area contributed by atoms with Crippen LogP contribution < -0.4 is 0 Å². The van der Waals surface area contributed by atoms with Crippen LogP contribution in [0.1, 0.15) is 10.4 Å². The number of aryl methyl sites for hydroxylation is 1. The molecule has 0 radical (unpaired) electrons. The minimum atomic E-state index is 0.462. The van der Waals surface area contributed by atoms with Crippen LogP contribution in [0.25, 0.3) is 10.6 Å². The van der Waals surface area contributed by atoms with Gasteiger partial charge in [-0.15, -0.1) is 11.3 Å². The van der Waals surface area contributed by atoms with Crippen molar-refractivity contribution >= 4 is 17.6 Å². The highest BCUT2D eigenvalue weighted by molar-refractivity contribution is 7.15. The Kier molecular flexibility index (Phi) is 2.92. The molecule has 1 aromatic carbocycles. The predicted molar refractivity (Wildman–Crippen MR) is 62.1 cm³/mol. The maximum Gasteiger partial charge on any atom is 0.125 e. The number of carbonyl (C=O) groups is 1. The normalized spacial score (nSPS) is 10.2. The third kappa shape index (κ3) is 2.30. The van der Waals surface area contributed by atoms with Crippen LogP contribution in [0.3, 0.4) is 0 Å². The number of aldehydes is 1. The molecule has 0 unspecified atom stereocenters. The summed E-state index contributed by atoms with van der Waals surface area (Å²) in [5.41, 5.74) is 2.35. The van der Waals surface area contributed by atoms with Crippen LogP contribution in [0.5, 0.6) is 0 Å². The highest BCUT2D eigenvalue weighted by Crippen LogP contribution is 2.25. The molecule has 0 fully saturated rings. The van der Waals surface area contributed by atoms with Crippen molar-refractivity contribution in [2.75, 3.05) is 0 Å². The molecule has 76 valence electrons. The van der Waals surface area contributed by atoms with Gasteiger partial charge in [0.25, 0.3) is 0 Å². The Morgan fingerprint density at radius 1 is 1.33 bits per heavy atom. The number of aromatic nitrogens is 1. The molecule has 2 rings (SSSR count). The lowest BCUT2D eigenvalue weighted by atomic mass is 10.2. The zero-order valence-electron chi connectivity index (χ0n) is 8.43. The Hall–Kier alpha value is -1.48. The highest BCUT2D eigenvalue weighted by Gasteiger charge is 2.03. The fourth-order valence-corrected chi connectivity index (χ4v) is 2.18. The first-order valence-corrected chi connectivity index (χ1v) is 5.56. The summed E-state index contributed by atoms with van der Waals surface area (Å²) in [7, 11) is 0. The number of rotatable bonds is 3. The maximum absolute atomic E-state index is 10.3. The molecule has 0 spiro atoms. The van der Waals surface area contributed by atoms with Gasteiger partial charge in [-0.25, -0.2) is 4.98 Å². The fraction of sp³-hybridized carbons (Fsp3) is 0.167. The quantitative estimate of drug-likeness (QED) is 0.740. The average molecular weight is 217 g/mol. The molecule has 3 heteroatoms. The first kappa shape index (κ1) is 10.1. The van der Waals surface area contributed by atoms with Gasteiger partial charge in [0.2, 0.25) is 0 Å². The number of carbonyl (C=O) groups excluding carboxylic acids is 1. The third-order valence-electron chi connectivity index (χ3n) is 2.14. The first-order valence-electron chi connectivity index (χ1n) is 4.75. The van der Waals surface area contributed by atoms with Crippen LogP contribution in [0, 0.1) is 6.92 Å². The minimum Gasteiger partial charge on any atom is -0.303 e. The van der Waals surface area contributed by atoms with E-state index >= 15 is 0 Å². The van der Waals surface area contributed by atoms with Crippen molar-refractivity contribution in [1.29, 1.82) is 0 Å². The molecule has 1 heterocycles. The van der Waals surface area contributed by atoms with Crippen molar-refractivity contribution in [2.45, 2.75) is 13.3 Å². The van der Waals surface area contributed by atoms with E-state index in [4.69, 9.17) is 0 Å². The van der Waals surface area contributed by atoms with Crippen LogP contribution in [-0.4, -0.2) is 11.3 Å². The second-order valence-corrected chi connectivity index (χ2v) is 4.48. The maximum atomic E-state index is 10.3. The SMILES string of the molecule is Cc1ccc(-c2ncc(CC=O)s2)cc1. The molecular weight excluding hydrogens is 206 g/mol. The van der Waals surface area contributed by atoms with E-state index in [2.05, 4.69) is 36.2 Å². The van der Waals surface area contributed by atoms with E-state index in [-0.39, 0.29) is 0 Å². The fourth-order valence-electron chi connectivity index (χ4n) is 1.31. The molecular formula is C12H11NOS. The molecule has 0 saturated heterocycles. The number of nitrogens with zero attached hydrogens (tertiary/aromatic N) is 1. The van der Waals surface area contributed by atoms with Crippen LogP contribution in [-0.2, 0) is 11.2 Å². The third-order valence-corrected chi connectivity index (χ3v) is 3.21. The molecule has 1 aromatic heterocycles. The second-order valence-electron chi connectivity index (χ2n) is 3.37. The van der Waals surface area contributed by atoms with Gasteiger partial charge in [-0.05, 0) is 6.92 Å². The van der Waals surface area contributed by atoms with E-state index in [0.717, 1.165) is 21.7 Å². The van der Waals surface area contributed by atoms with Crippen molar-refractivity contribution in [1.82, 2.24) is 4.98 Å². The Morgan fingerprint density at radius 3 is 2.73 bits per heavy atom. The number of hydrogen-bond acceptors (Lipinski definition) is 3. The Morgan fingerprint density at radius 2 is 2.07 bits per heavy atom. The zero-order chi connectivity index (χ0) is 10.7. The summed E-state index contributed by atoms with van der Waals surface area (Å²) in [6.07, 6.45) is 3.14. The van der Waals surface area contributed by atoms with E-state index in [1.54, 1.807) is 17.5 Å². The smallest absolute Gasteiger partial charge is 0.125 e. The molecule has 2 nitrogen and oxygen atoms in total. The summed E-state index contributed by atoms with van der Waals surface area (Å²) < 4.78 is 0. The Bertz CT molecular complexity index is 459. The number of hydrogen-bond donors (Lipinski definition) is 0. The molecule has 0 aliphatic carbocycles. The summed E-state index contributed by atoms with van der Waals surface area (Å²) in [6, 6.07) is 8.24. The summed E-state index contributed by atoms with van der Waals surface area (Å²) in [5.74, 6) is 0. The van der Waals surface area contributed by atoms with Crippen LogP contribution in [0.4, 0.5) is 0 Å². The number of benzene rings is 1. The van der Waals surface area contributed by atoms with Crippen molar-refractivity contribution < 1.29 is 4.79 Å². The molecule has 0 saturated carbocycles. The minimum absolute atomic E-state index is 0.462. The van der Waals surface area contributed by atoms with Crippen LogP contribution >= 0.6 is 11.3 Å². The van der Waals surface area contributed by atoms with E-state index in [1.807, 2.05) is 0 Å². The Balaban J connectivity index is 2.28. The lowest BCUT2D eigenvalue weighted by Gasteiger charge is -1.96. The molecule has 0 bridgehead atoms. The highest BCUT2D eigenvalue weighted by atomic mass is 32.1. The van der Waals surface area contributed by atoms with Crippen LogP contribution in [0.2, 0.25) is 0 Å². The summed E-state index contributed by atoms with van der Waals surface area (Å²) in [6.45, 7) is 2.06. The van der Waals surface area contributed by atoms with Gasteiger partial charge in [0, 0.05) is 23.1 Å². The average Bonchev–Trinajstić information content (AvgIpc) is 2.68. The van der Waals surface area contributed by atoms with Gasteiger partial charge in [0.15, 0.2) is 0 Å². The predicted octanol–water partition coefficient (Wildman–Crippen LogP) is 2.86. The van der Waals surface area contributed by atoms with Crippen molar-refractivity contribution in [3.05, 3.63) is 40.9 Å². The standard InChI is InChI=1S/C12H11NOS/c1-9-2-4-10(5-3-9)12-13-8-11(15-12)6-7-14/h2-5,7-8H,6H2,1H3. The Labute approximate surface area is 92.6 Å². The lowest BCUT2D eigenvalue weighted by Crippen LogP contribution is -1.76. The molecule has 0 amide bonds. The molecule has 15 heavy (non-hydrogen) atoms. The number of thiazole rings is 1. The van der Waals surface area contributed by atoms with Gasteiger partial charge >= 0.3 is 0 Å². The first-order chi connectivity index (χ1) is 7.29. The zero-order valence-corrected chi connectivity index (χ0v) is 9.25. The van der Waals surface area contributed by atoms with Crippen LogP contribution in [0.15, 0.2) is 30.5 Å². The summed E-state index contributed by atoms with van der Waals surface area (Å²) in [5, 5.41) is 0.979.